The minimum absolute atomic E-state index is 0.293. The summed E-state index contributed by atoms with van der Waals surface area (Å²) in [5.74, 6) is 2.53. The van der Waals surface area contributed by atoms with Crippen molar-refractivity contribution >= 4 is 11.6 Å². The molecule has 1 aliphatic rings. The van der Waals surface area contributed by atoms with Crippen molar-refractivity contribution < 1.29 is 9.47 Å². The summed E-state index contributed by atoms with van der Waals surface area (Å²) in [4.78, 5) is 4.23. The largest absolute Gasteiger partial charge is 0.454 e. The van der Waals surface area contributed by atoms with Crippen LogP contribution in [-0.4, -0.2) is 16.3 Å². The van der Waals surface area contributed by atoms with E-state index in [4.69, 9.17) is 21.1 Å². The molecule has 5 nitrogen and oxygen atoms in total. The molecule has 2 aromatic rings. The van der Waals surface area contributed by atoms with Gasteiger partial charge in [-0.3, -0.25) is 0 Å². The summed E-state index contributed by atoms with van der Waals surface area (Å²) in [6, 6.07) is 5.89. The highest BCUT2D eigenvalue weighted by atomic mass is 35.5. The van der Waals surface area contributed by atoms with E-state index in [1.54, 1.807) is 6.20 Å². The lowest BCUT2D eigenvalue weighted by Crippen LogP contribution is -2.16. The maximum atomic E-state index is 5.94. The fraction of sp³-hybridized carbons (Fsp3) is 0.308. The molecule has 1 N–H and O–H groups in total. The van der Waals surface area contributed by atoms with Gasteiger partial charge in [0.15, 0.2) is 11.5 Å². The molecule has 2 heterocycles. The van der Waals surface area contributed by atoms with Crippen LogP contribution in [-0.2, 0) is 20.1 Å². The van der Waals surface area contributed by atoms with Crippen LogP contribution in [0.5, 0.6) is 11.5 Å². The molecule has 1 aromatic carbocycles. The summed E-state index contributed by atoms with van der Waals surface area (Å²) in [6.07, 6.45) is 1.65. The molecule has 0 radical (unpaired) electrons. The van der Waals surface area contributed by atoms with E-state index in [0.29, 0.717) is 25.0 Å². The third-order valence-electron chi connectivity index (χ3n) is 3.10. The first kappa shape index (κ1) is 12.3. The number of ether oxygens (including phenoxy) is 2. The molecule has 6 heteroatoms. The Morgan fingerprint density at radius 1 is 1.37 bits per heavy atom. The van der Waals surface area contributed by atoms with Crippen LogP contribution in [0.25, 0.3) is 0 Å². The SMILES string of the molecule is Cn1c(Cl)cnc1CNCc1cccc2c1OCO2. The van der Waals surface area contributed by atoms with Gasteiger partial charge in [0.2, 0.25) is 6.79 Å². The third kappa shape index (κ3) is 2.39. The molecule has 0 spiro atoms. The van der Waals surface area contributed by atoms with Crippen molar-refractivity contribution in [2.24, 2.45) is 7.05 Å². The zero-order valence-corrected chi connectivity index (χ0v) is 11.3. The zero-order valence-electron chi connectivity index (χ0n) is 10.5. The molecule has 3 rings (SSSR count). The Bertz CT molecular complexity index is 598. The van der Waals surface area contributed by atoms with Crippen molar-refractivity contribution in [2.75, 3.05) is 6.79 Å². The van der Waals surface area contributed by atoms with Gasteiger partial charge in [0, 0.05) is 19.2 Å². The van der Waals surface area contributed by atoms with E-state index < -0.39 is 0 Å². The van der Waals surface area contributed by atoms with E-state index in [0.717, 1.165) is 22.9 Å². The van der Waals surface area contributed by atoms with Gasteiger partial charge in [-0.2, -0.15) is 0 Å². The fourth-order valence-electron chi connectivity index (χ4n) is 2.03. The van der Waals surface area contributed by atoms with Gasteiger partial charge in [-0.15, -0.1) is 0 Å². The van der Waals surface area contributed by atoms with Crippen LogP contribution in [0.1, 0.15) is 11.4 Å². The Kier molecular flexibility index (Phi) is 3.31. The van der Waals surface area contributed by atoms with E-state index in [2.05, 4.69) is 10.3 Å². The smallest absolute Gasteiger partial charge is 0.231 e. The molecule has 0 aliphatic carbocycles. The maximum absolute atomic E-state index is 5.94. The summed E-state index contributed by atoms with van der Waals surface area (Å²) in [5, 5.41) is 3.96. The Hall–Kier alpha value is -1.72. The van der Waals surface area contributed by atoms with Crippen LogP contribution in [0, 0.1) is 0 Å². The van der Waals surface area contributed by atoms with E-state index in [1.165, 1.54) is 0 Å². The third-order valence-corrected chi connectivity index (χ3v) is 3.46. The number of nitrogens with zero attached hydrogens (tertiary/aromatic N) is 2. The van der Waals surface area contributed by atoms with Crippen LogP contribution in [0.2, 0.25) is 5.15 Å². The Morgan fingerprint density at radius 2 is 2.26 bits per heavy atom. The van der Waals surface area contributed by atoms with Gasteiger partial charge in [0.05, 0.1) is 12.7 Å². The Balaban J connectivity index is 1.64. The lowest BCUT2D eigenvalue weighted by atomic mass is 10.2. The molecule has 19 heavy (non-hydrogen) atoms. The predicted octanol–water partition coefficient (Wildman–Crippen LogP) is 2.09. The minimum Gasteiger partial charge on any atom is -0.454 e. The summed E-state index contributed by atoms with van der Waals surface area (Å²) in [6.45, 7) is 1.63. The highest BCUT2D eigenvalue weighted by Crippen LogP contribution is 2.35. The predicted molar refractivity (Wildman–Crippen MR) is 71.3 cm³/mol. The number of nitrogens with one attached hydrogen (secondary N) is 1. The minimum atomic E-state index is 0.293. The van der Waals surface area contributed by atoms with Crippen molar-refractivity contribution in [2.45, 2.75) is 13.1 Å². The monoisotopic (exact) mass is 279 g/mol. The van der Waals surface area contributed by atoms with Crippen LogP contribution < -0.4 is 14.8 Å². The second-order valence-corrected chi connectivity index (χ2v) is 4.70. The van der Waals surface area contributed by atoms with Crippen LogP contribution in [0.3, 0.4) is 0 Å². The highest BCUT2D eigenvalue weighted by molar-refractivity contribution is 6.29. The molecule has 0 fully saturated rings. The van der Waals surface area contributed by atoms with E-state index in [1.807, 2.05) is 29.8 Å². The lowest BCUT2D eigenvalue weighted by molar-refractivity contribution is 0.173. The molecule has 0 unspecified atom stereocenters. The quantitative estimate of drug-likeness (QED) is 0.931. The van der Waals surface area contributed by atoms with Gasteiger partial charge in [-0.25, -0.2) is 4.98 Å². The van der Waals surface area contributed by atoms with Gasteiger partial charge in [0.25, 0.3) is 0 Å². The van der Waals surface area contributed by atoms with E-state index >= 15 is 0 Å². The molecule has 0 bridgehead atoms. The number of fused-ring (bicyclic) bond motifs is 1. The molecular weight excluding hydrogens is 266 g/mol. The summed E-state index contributed by atoms with van der Waals surface area (Å²) in [5.41, 5.74) is 1.08. The van der Waals surface area contributed by atoms with Gasteiger partial charge in [0.1, 0.15) is 11.0 Å². The van der Waals surface area contributed by atoms with Crippen molar-refractivity contribution in [3.8, 4) is 11.5 Å². The van der Waals surface area contributed by atoms with Crippen LogP contribution in [0.15, 0.2) is 24.4 Å². The van der Waals surface area contributed by atoms with Crippen molar-refractivity contribution in [3.05, 3.63) is 40.9 Å². The fourth-order valence-corrected chi connectivity index (χ4v) is 2.17. The molecule has 0 saturated carbocycles. The second kappa shape index (κ2) is 5.11. The standard InChI is InChI=1S/C13H14ClN3O2/c1-17-11(14)6-16-12(17)7-15-5-9-3-2-4-10-13(9)19-8-18-10/h2-4,6,15H,5,7-8H2,1H3. The summed E-state index contributed by atoms with van der Waals surface area (Å²) >= 11 is 5.94. The Morgan fingerprint density at radius 3 is 3.05 bits per heavy atom. The number of imidazole rings is 1. The molecule has 1 aromatic heterocycles. The van der Waals surface area contributed by atoms with Crippen molar-refractivity contribution in [1.82, 2.24) is 14.9 Å². The normalized spacial score (nSPS) is 12.9. The first-order valence-corrected chi connectivity index (χ1v) is 6.38. The molecule has 0 saturated heterocycles. The number of hydrogen-bond donors (Lipinski definition) is 1. The first-order chi connectivity index (χ1) is 9.25. The van der Waals surface area contributed by atoms with Crippen molar-refractivity contribution in [1.29, 1.82) is 0 Å². The van der Waals surface area contributed by atoms with E-state index in [9.17, 15) is 0 Å². The van der Waals surface area contributed by atoms with Gasteiger partial charge < -0.3 is 19.4 Å². The number of rotatable bonds is 4. The van der Waals surface area contributed by atoms with Crippen LogP contribution >= 0.6 is 11.6 Å². The van der Waals surface area contributed by atoms with Crippen molar-refractivity contribution in [3.63, 3.8) is 0 Å². The number of para-hydroxylation sites is 1. The Labute approximate surface area is 116 Å². The average molecular weight is 280 g/mol. The van der Waals surface area contributed by atoms with E-state index in [-0.39, 0.29) is 0 Å². The number of halogens is 1. The lowest BCUT2D eigenvalue weighted by Gasteiger charge is -2.08. The number of aromatic nitrogens is 2. The number of hydrogen-bond acceptors (Lipinski definition) is 4. The average Bonchev–Trinajstić information content (AvgIpc) is 3.00. The van der Waals surface area contributed by atoms with Crippen LogP contribution in [0.4, 0.5) is 0 Å². The van der Waals surface area contributed by atoms with Gasteiger partial charge in [-0.05, 0) is 6.07 Å². The maximum Gasteiger partial charge on any atom is 0.231 e. The number of benzene rings is 1. The van der Waals surface area contributed by atoms with Gasteiger partial charge in [-0.1, -0.05) is 23.7 Å². The first-order valence-electron chi connectivity index (χ1n) is 6.00. The topological polar surface area (TPSA) is 48.3 Å². The summed E-state index contributed by atoms with van der Waals surface area (Å²) in [7, 11) is 1.89. The summed E-state index contributed by atoms with van der Waals surface area (Å²) < 4.78 is 12.6. The second-order valence-electron chi connectivity index (χ2n) is 4.31. The molecule has 0 amide bonds. The highest BCUT2D eigenvalue weighted by Gasteiger charge is 2.16. The molecular formula is C13H14ClN3O2. The zero-order chi connectivity index (χ0) is 13.2. The molecule has 1 aliphatic heterocycles. The van der Waals surface area contributed by atoms with Gasteiger partial charge >= 0.3 is 0 Å². The molecule has 0 atom stereocenters. The molecule has 100 valence electrons.